The third kappa shape index (κ3) is 3.48. The highest BCUT2D eigenvalue weighted by Gasteiger charge is 2.10. The standard InChI is InChI=1S/C17H15NO2/c1-13(17(20)15-10-6-3-7-11-15)18-12-16(19)14-8-4-2-5-9-14/h2-11H,12H2,1H3/b18-13+. The number of Topliss-reactive ketones (excluding diaryl/α,β-unsaturated/α-hetero) is 2. The predicted octanol–water partition coefficient (Wildman–Crippen LogP) is 3.21. The first kappa shape index (κ1) is 13.9. The maximum absolute atomic E-state index is 12.1. The van der Waals surface area contributed by atoms with Crippen LogP contribution in [-0.4, -0.2) is 23.8 Å². The number of aliphatic imine (C=N–C) groups is 1. The zero-order valence-electron chi connectivity index (χ0n) is 11.2. The number of carbonyl (C=O) groups is 2. The van der Waals surface area contributed by atoms with Gasteiger partial charge in [-0.25, -0.2) is 0 Å². The number of ketones is 2. The van der Waals surface area contributed by atoms with Crippen LogP contribution in [0, 0.1) is 0 Å². The molecule has 100 valence electrons. The average molecular weight is 265 g/mol. The zero-order valence-corrected chi connectivity index (χ0v) is 11.2. The Kier molecular flexibility index (Phi) is 4.56. The van der Waals surface area contributed by atoms with Crippen LogP contribution in [0.4, 0.5) is 0 Å². The molecule has 0 aliphatic heterocycles. The van der Waals surface area contributed by atoms with Gasteiger partial charge in [0, 0.05) is 11.1 Å². The van der Waals surface area contributed by atoms with Crippen LogP contribution in [0.2, 0.25) is 0 Å². The molecule has 0 N–H and O–H groups in total. The van der Waals surface area contributed by atoms with Crippen molar-refractivity contribution in [3.8, 4) is 0 Å². The molecule has 0 bridgehead atoms. The lowest BCUT2D eigenvalue weighted by Crippen LogP contribution is -2.13. The van der Waals surface area contributed by atoms with Gasteiger partial charge in [0.25, 0.3) is 0 Å². The van der Waals surface area contributed by atoms with Crippen LogP contribution in [-0.2, 0) is 0 Å². The van der Waals surface area contributed by atoms with Gasteiger partial charge in [0.15, 0.2) is 5.78 Å². The molecule has 2 aromatic carbocycles. The third-order valence-electron chi connectivity index (χ3n) is 2.92. The van der Waals surface area contributed by atoms with E-state index in [0.29, 0.717) is 16.8 Å². The molecule has 0 fully saturated rings. The Morgan fingerprint density at radius 3 is 1.90 bits per heavy atom. The van der Waals surface area contributed by atoms with Gasteiger partial charge in [-0.1, -0.05) is 60.7 Å². The summed E-state index contributed by atoms with van der Waals surface area (Å²) in [6, 6.07) is 17.9. The van der Waals surface area contributed by atoms with Crippen molar-refractivity contribution in [2.24, 2.45) is 4.99 Å². The molecule has 20 heavy (non-hydrogen) atoms. The summed E-state index contributed by atoms with van der Waals surface area (Å²) < 4.78 is 0. The van der Waals surface area contributed by atoms with E-state index in [2.05, 4.69) is 4.99 Å². The lowest BCUT2D eigenvalue weighted by Gasteiger charge is -2.01. The summed E-state index contributed by atoms with van der Waals surface area (Å²) in [5, 5.41) is 0. The van der Waals surface area contributed by atoms with Crippen LogP contribution < -0.4 is 0 Å². The Bertz CT molecular complexity index is 631. The van der Waals surface area contributed by atoms with Crippen LogP contribution in [0.15, 0.2) is 65.7 Å². The summed E-state index contributed by atoms with van der Waals surface area (Å²) in [4.78, 5) is 28.0. The minimum atomic E-state index is -0.147. The Balaban J connectivity index is 2.05. The molecule has 3 heteroatoms. The monoisotopic (exact) mass is 265 g/mol. The minimum absolute atomic E-state index is 0.00554. The first-order valence-corrected chi connectivity index (χ1v) is 6.37. The van der Waals surface area contributed by atoms with Gasteiger partial charge in [-0.3, -0.25) is 14.6 Å². The van der Waals surface area contributed by atoms with Crippen molar-refractivity contribution in [3.05, 3.63) is 71.8 Å². The van der Waals surface area contributed by atoms with Gasteiger partial charge in [0.2, 0.25) is 5.78 Å². The van der Waals surface area contributed by atoms with Gasteiger partial charge in [-0.2, -0.15) is 0 Å². The van der Waals surface area contributed by atoms with Gasteiger partial charge in [-0.05, 0) is 6.92 Å². The van der Waals surface area contributed by atoms with Gasteiger partial charge < -0.3 is 0 Å². The second-order valence-corrected chi connectivity index (χ2v) is 4.39. The largest absolute Gasteiger partial charge is 0.292 e. The molecule has 0 amide bonds. The summed E-state index contributed by atoms with van der Waals surface area (Å²) in [6.07, 6.45) is 0. The molecular formula is C17H15NO2. The molecule has 0 spiro atoms. The molecule has 0 heterocycles. The number of hydrogen-bond donors (Lipinski definition) is 0. The fraction of sp³-hybridized carbons (Fsp3) is 0.118. The van der Waals surface area contributed by atoms with Crippen molar-refractivity contribution in [2.45, 2.75) is 6.92 Å². The average Bonchev–Trinajstić information content (AvgIpc) is 2.53. The van der Waals surface area contributed by atoms with Crippen LogP contribution in [0.25, 0.3) is 0 Å². The van der Waals surface area contributed by atoms with E-state index >= 15 is 0 Å². The summed E-state index contributed by atoms with van der Waals surface area (Å²) in [6.45, 7) is 1.63. The van der Waals surface area contributed by atoms with Crippen molar-refractivity contribution >= 4 is 17.3 Å². The zero-order chi connectivity index (χ0) is 14.4. The van der Waals surface area contributed by atoms with Gasteiger partial charge >= 0.3 is 0 Å². The molecule has 0 saturated heterocycles. The maximum Gasteiger partial charge on any atom is 0.206 e. The van der Waals surface area contributed by atoms with Crippen molar-refractivity contribution in [2.75, 3.05) is 6.54 Å². The Labute approximate surface area is 118 Å². The highest BCUT2D eigenvalue weighted by Crippen LogP contribution is 2.03. The number of carbonyl (C=O) groups excluding carboxylic acids is 2. The molecule has 0 aromatic heterocycles. The van der Waals surface area contributed by atoms with E-state index in [9.17, 15) is 9.59 Å². The lowest BCUT2D eigenvalue weighted by molar-refractivity contribution is 0.100. The normalized spacial score (nSPS) is 11.2. The molecule has 3 nitrogen and oxygen atoms in total. The van der Waals surface area contributed by atoms with E-state index in [1.807, 2.05) is 12.1 Å². The van der Waals surface area contributed by atoms with Crippen molar-refractivity contribution in [1.82, 2.24) is 0 Å². The lowest BCUT2D eigenvalue weighted by atomic mass is 10.1. The molecule has 0 aliphatic carbocycles. The molecule has 0 radical (unpaired) electrons. The number of rotatable bonds is 5. The van der Waals surface area contributed by atoms with Gasteiger partial charge in [0.1, 0.15) is 6.54 Å². The van der Waals surface area contributed by atoms with Crippen molar-refractivity contribution in [1.29, 1.82) is 0 Å². The molecule has 0 saturated carbocycles. The minimum Gasteiger partial charge on any atom is -0.292 e. The number of benzene rings is 2. The smallest absolute Gasteiger partial charge is 0.206 e. The SMILES string of the molecule is C/C(=N\CC(=O)c1ccccc1)C(=O)c1ccccc1. The molecule has 0 aliphatic rings. The first-order valence-electron chi connectivity index (χ1n) is 6.37. The van der Waals surface area contributed by atoms with E-state index in [4.69, 9.17) is 0 Å². The van der Waals surface area contributed by atoms with Gasteiger partial charge in [0.05, 0.1) is 5.71 Å². The second-order valence-electron chi connectivity index (χ2n) is 4.39. The summed E-state index contributed by atoms with van der Waals surface area (Å²) in [7, 11) is 0. The van der Waals surface area contributed by atoms with Crippen LogP contribution in [0.1, 0.15) is 27.6 Å². The third-order valence-corrected chi connectivity index (χ3v) is 2.92. The highest BCUT2D eigenvalue weighted by molar-refractivity contribution is 6.45. The van der Waals surface area contributed by atoms with E-state index in [-0.39, 0.29) is 18.1 Å². The fourth-order valence-electron chi connectivity index (χ4n) is 1.78. The number of nitrogens with zero attached hydrogens (tertiary/aromatic N) is 1. The van der Waals surface area contributed by atoms with Crippen LogP contribution in [0.5, 0.6) is 0 Å². The van der Waals surface area contributed by atoms with E-state index in [0.717, 1.165) is 0 Å². The summed E-state index contributed by atoms with van der Waals surface area (Å²) in [5.74, 6) is -0.239. The summed E-state index contributed by atoms with van der Waals surface area (Å²) >= 11 is 0. The Morgan fingerprint density at radius 2 is 1.35 bits per heavy atom. The van der Waals surface area contributed by atoms with Crippen LogP contribution >= 0.6 is 0 Å². The van der Waals surface area contributed by atoms with E-state index < -0.39 is 0 Å². The van der Waals surface area contributed by atoms with E-state index in [1.54, 1.807) is 55.5 Å². The summed E-state index contributed by atoms with van der Waals surface area (Å²) in [5.41, 5.74) is 1.54. The van der Waals surface area contributed by atoms with Crippen molar-refractivity contribution < 1.29 is 9.59 Å². The Hall–Kier alpha value is -2.55. The Morgan fingerprint density at radius 1 is 0.850 bits per heavy atom. The molecule has 2 aromatic rings. The highest BCUT2D eigenvalue weighted by atomic mass is 16.1. The molecule has 0 atom stereocenters. The number of hydrogen-bond acceptors (Lipinski definition) is 3. The van der Waals surface area contributed by atoms with E-state index in [1.165, 1.54) is 0 Å². The molecule has 2 rings (SSSR count). The predicted molar refractivity (Wildman–Crippen MR) is 79.5 cm³/mol. The first-order chi connectivity index (χ1) is 9.68. The molecular weight excluding hydrogens is 250 g/mol. The maximum atomic E-state index is 12.1. The fourth-order valence-corrected chi connectivity index (χ4v) is 1.78. The second kappa shape index (κ2) is 6.57. The molecule has 0 unspecified atom stereocenters. The van der Waals surface area contributed by atoms with Crippen molar-refractivity contribution in [3.63, 3.8) is 0 Å². The van der Waals surface area contributed by atoms with Gasteiger partial charge in [-0.15, -0.1) is 0 Å². The van der Waals surface area contributed by atoms with Crippen LogP contribution in [0.3, 0.4) is 0 Å². The topological polar surface area (TPSA) is 46.5 Å². The quantitative estimate of drug-likeness (QED) is 0.615.